The number of nitrogens with two attached hydrogens (primary N) is 1. The molecule has 4 amide bonds. The zero-order valence-electron chi connectivity index (χ0n) is 24.6. The lowest BCUT2D eigenvalue weighted by Crippen LogP contribution is -2.66. The fraction of sp³-hybridized carbons (Fsp3) is 0.312. The maximum absolute atomic E-state index is 14.2. The van der Waals surface area contributed by atoms with Crippen molar-refractivity contribution in [1.82, 2.24) is 30.1 Å². The summed E-state index contributed by atoms with van der Waals surface area (Å²) in [5.74, 6) is -0.284. The standard InChI is InChI=1S/C32H35N7O4S/c1-20(2)39(32(43)34-16-22-7-4-3-5-8-22)37-19-28(41)38-25(15-21-11-13-24(40)14-12-21)30(42)36(18-27(37)38)17-23-9-6-10-26-29(23)35-31(33)44-26/h3-14,20,25,27,40H,15-19H2,1-2H3,(H2,33,35)(H,34,43)/t25-,27+/m0/s1. The second kappa shape index (κ2) is 12.1. The van der Waals surface area contributed by atoms with Crippen LogP contribution in [0.2, 0.25) is 0 Å². The molecule has 2 fully saturated rings. The number of benzene rings is 3. The van der Waals surface area contributed by atoms with Crippen LogP contribution in [-0.4, -0.2) is 79.1 Å². The van der Waals surface area contributed by atoms with Crippen LogP contribution < -0.4 is 11.1 Å². The van der Waals surface area contributed by atoms with E-state index < -0.39 is 12.2 Å². The number of hydrogen-bond donors (Lipinski definition) is 3. The zero-order chi connectivity index (χ0) is 31.0. The first-order valence-corrected chi connectivity index (χ1v) is 15.4. The van der Waals surface area contributed by atoms with Crippen LogP contribution in [0.3, 0.4) is 0 Å². The molecule has 0 spiro atoms. The minimum atomic E-state index is -0.795. The molecule has 1 aromatic heterocycles. The first kappa shape index (κ1) is 29.4. The van der Waals surface area contributed by atoms with E-state index in [1.165, 1.54) is 11.3 Å². The number of nitrogens with one attached hydrogen (secondary N) is 1. The topological polar surface area (TPSA) is 135 Å². The Hall–Kier alpha value is -4.68. The zero-order valence-corrected chi connectivity index (χ0v) is 25.4. The van der Waals surface area contributed by atoms with Crippen molar-refractivity contribution in [2.75, 3.05) is 18.8 Å². The van der Waals surface area contributed by atoms with E-state index in [-0.39, 0.29) is 55.7 Å². The maximum Gasteiger partial charge on any atom is 0.332 e. The molecule has 3 heterocycles. The summed E-state index contributed by atoms with van der Waals surface area (Å²) in [7, 11) is 0. The Bertz CT molecular complexity index is 1680. The van der Waals surface area contributed by atoms with Gasteiger partial charge in [0.2, 0.25) is 11.8 Å². The number of urea groups is 1. The van der Waals surface area contributed by atoms with Crippen molar-refractivity contribution in [2.45, 2.75) is 51.6 Å². The molecule has 3 aromatic carbocycles. The fourth-order valence-electron chi connectivity index (χ4n) is 6.08. The maximum atomic E-state index is 14.2. The number of rotatable bonds is 8. The van der Waals surface area contributed by atoms with Crippen molar-refractivity contribution in [3.63, 3.8) is 0 Å². The molecule has 2 aliphatic rings. The molecule has 11 nitrogen and oxygen atoms in total. The van der Waals surface area contributed by atoms with Gasteiger partial charge in [0.15, 0.2) is 5.13 Å². The summed E-state index contributed by atoms with van der Waals surface area (Å²) < 4.78 is 0.936. The number of piperazine rings is 1. The van der Waals surface area contributed by atoms with Gasteiger partial charge in [-0.1, -0.05) is 65.9 Å². The molecule has 0 radical (unpaired) electrons. The first-order chi connectivity index (χ1) is 21.2. The van der Waals surface area contributed by atoms with E-state index in [1.54, 1.807) is 44.1 Å². The Balaban J connectivity index is 1.32. The minimum absolute atomic E-state index is 0.0347. The van der Waals surface area contributed by atoms with Crippen molar-refractivity contribution in [3.05, 3.63) is 89.5 Å². The van der Waals surface area contributed by atoms with Gasteiger partial charge in [0.25, 0.3) is 0 Å². The number of para-hydroxylation sites is 1. The van der Waals surface area contributed by atoms with E-state index in [2.05, 4.69) is 10.3 Å². The molecule has 0 unspecified atom stereocenters. The van der Waals surface area contributed by atoms with E-state index in [9.17, 15) is 19.5 Å². The number of nitrogen functional groups attached to an aromatic ring is 1. The summed E-state index contributed by atoms with van der Waals surface area (Å²) in [4.78, 5) is 49.4. The summed E-state index contributed by atoms with van der Waals surface area (Å²) in [6, 6.07) is 20.7. The summed E-state index contributed by atoms with van der Waals surface area (Å²) in [5, 5.41) is 16.7. The largest absolute Gasteiger partial charge is 0.508 e. The number of aromatic hydroxyl groups is 1. The molecule has 12 heteroatoms. The molecular formula is C32H35N7O4S. The van der Waals surface area contributed by atoms with Gasteiger partial charge in [0.1, 0.15) is 18.0 Å². The Kier molecular flexibility index (Phi) is 8.11. The van der Waals surface area contributed by atoms with Crippen LogP contribution in [0.1, 0.15) is 30.5 Å². The van der Waals surface area contributed by atoms with E-state index in [1.807, 2.05) is 62.4 Å². The van der Waals surface area contributed by atoms with Crippen molar-refractivity contribution in [1.29, 1.82) is 0 Å². The van der Waals surface area contributed by atoms with Crippen LogP contribution in [0.25, 0.3) is 10.2 Å². The first-order valence-electron chi connectivity index (χ1n) is 14.6. The van der Waals surface area contributed by atoms with Crippen LogP contribution in [0.5, 0.6) is 5.75 Å². The predicted octanol–water partition coefficient (Wildman–Crippen LogP) is 3.54. The molecule has 228 valence electrons. The average Bonchev–Trinajstić information content (AvgIpc) is 3.54. The number of anilines is 1. The number of hydrogen-bond acceptors (Lipinski definition) is 8. The quantitative estimate of drug-likeness (QED) is 0.277. The number of aromatic nitrogens is 1. The number of fused-ring (bicyclic) bond motifs is 2. The SMILES string of the molecule is CC(C)N(C(=O)NCc1ccccc1)N1CC(=O)N2[C@@H](Cc3ccc(O)cc3)C(=O)N(Cc3cccc4sc(N)nc34)C[C@@H]21. The molecule has 0 bridgehead atoms. The predicted molar refractivity (Wildman–Crippen MR) is 168 cm³/mol. The van der Waals surface area contributed by atoms with Crippen LogP contribution in [0, 0.1) is 0 Å². The Morgan fingerprint density at radius 2 is 1.82 bits per heavy atom. The highest BCUT2D eigenvalue weighted by Gasteiger charge is 2.52. The smallest absolute Gasteiger partial charge is 0.332 e. The molecule has 2 saturated heterocycles. The fourth-order valence-corrected chi connectivity index (χ4v) is 6.86. The van der Waals surface area contributed by atoms with Crippen molar-refractivity contribution in [2.24, 2.45) is 0 Å². The number of carbonyl (C=O) groups excluding carboxylic acids is 3. The third-order valence-corrected chi connectivity index (χ3v) is 8.92. The Morgan fingerprint density at radius 1 is 1.07 bits per heavy atom. The molecule has 44 heavy (non-hydrogen) atoms. The van der Waals surface area contributed by atoms with Crippen LogP contribution >= 0.6 is 11.3 Å². The number of carbonyl (C=O) groups is 3. The lowest BCUT2D eigenvalue weighted by atomic mass is 9.99. The van der Waals surface area contributed by atoms with Crippen molar-refractivity contribution >= 4 is 44.5 Å². The van der Waals surface area contributed by atoms with Gasteiger partial charge in [0, 0.05) is 25.6 Å². The number of phenolic OH excluding ortho intramolecular Hbond substituents is 1. The number of nitrogens with zero attached hydrogens (tertiary/aromatic N) is 5. The Labute approximate surface area is 259 Å². The van der Waals surface area contributed by atoms with Gasteiger partial charge in [-0.2, -0.15) is 5.01 Å². The van der Waals surface area contributed by atoms with Crippen LogP contribution in [-0.2, 0) is 29.1 Å². The number of hydrazine groups is 1. The van der Waals surface area contributed by atoms with E-state index in [4.69, 9.17) is 5.73 Å². The normalized spacial score (nSPS) is 18.7. The summed E-state index contributed by atoms with van der Waals surface area (Å²) >= 11 is 1.39. The molecule has 6 rings (SSSR count). The lowest BCUT2D eigenvalue weighted by molar-refractivity contribution is -0.158. The van der Waals surface area contributed by atoms with Gasteiger partial charge in [-0.15, -0.1) is 0 Å². The van der Waals surface area contributed by atoms with Crippen molar-refractivity contribution in [3.8, 4) is 5.75 Å². The van der Waals surface area contributed by atoms with Crippen LogP contribution in [0.4, 0.5) is 9.93 Å². The van der Waals surface area contributed by atoms with Crippen LogP contribution in [0.15, 0.2) is 72.8 Å². The highest BCUT2D eigenvalue weighted by Crippen LogP contribution is 2.33. The van der Waals surface area contributed by atoms with Gasteiger partial charge in [-0.25, -0.2) is 9.78 Å². The Morgan fingerprint density at radius 3 is 2.55 bits per heavy atom. The van der Waals surface area contributed by atoms with Gasteiger partial charge in [-0.3, -0.25) is 14.6 Å². The highest BCUT2D eigenvalue weighted by atomic mass is 32.1. The molecule has 4 N–H and O–H groups in total. The van der Waals surface area contributed by atoms with E-state index in [0.29, 0.717) is 11.7 Å². The third-order valence-electron chi connectivity index (χ3n) is 8.07. The summed E-state index contributed by atoms with van der Waals surface area (Å²) in [6.45, 7) is 4.60. The number of phenols is 1. The van der Waals surface area contributed by atoms with Gasteiger partial charge in [-0.05, 0) is 48.7 Å². The third kappa shape index (κ3) is 5.78. The second-order valence-corrected chi connectivity index (χ2v) is 12.4. The minimum Gasteiger partial charge on any atom is -0.508 e. The average molecular weight is 614 g/mol. The lowest BCUT2D eigenvalue weighted by Gasteiger charge is -2.47. The summed E-state index contributed by atoms with van der Waals surface area (Å²) in [5.41, 5.74) is 9.39. The number of amides is 4. The highest BCUT2D eigenvalue weighted by molar-refractivity contribution is 7.22. The molecule has 0 saturated carbocycles. The van der Waals surface area contributed by atoms with Crippen molar-refractivity contribution < 1.29 is 19.5 Å². The molecule has 4 aromatic rings. The monoisotopic (exact) mass is 613 g/mol. The van der Waals surface area contributed by atoms with E-state index >= 15 is 0 Å². The van der Waals surface area contributed by atoms with E-state index in [0.717, 1.165) is 26.9 Å². The molecule has 0 aliphatic carbocycles. The number of thiazole rings is 1. The molecule has 2 atom stereocenters. The van der Waals surface area contributed by atoms with Gasteiger partial charge < -0.3 is 26.0 Å². The van der Waals surface area contributed by atoms with Gasteiger partial charge in [0.05, 0.1) is 23.3 Å². The molecular weight excluding hydrogens is 578 g/mol. The summed E-state index contributed by atoms with van der Waals surface area (Å²) in [6.07, 6.45) is -0.298. The molecule has 2 aliphatic heterocycles. The second-order valence-electron chi connectivity index (χ2n) is 11.4. The van der Waals surface area contributed by atoms with Gasteiger partial charge >= 0.3 is 6.03 Å².